The third-order valence-corrected chi connectivity index (χ3v) is 4.82. The number of piperazine rings is 1. The molecule has 2 fully saturated rings. The molecule has 0 bridgehead atoms. The first-order chi connectivity index (χ1) is 8.67. The molecule has 1 saturated carbocycles. The summed E-state index contributed by atoms with van der Waals surface area (Å²) in [5.41, 5.74) is 0.824. The summed E-state index contributed by atoms with van der Waals surface area (Å²) in [5.74, 6) is 0.980. The Kier molecular flexibility index (Phi) is 4.32. The summed E-state index contributed by atoms with van der Waals surface area (Å²) in [5, 5.41) is 3.82. The van der Waals surface area contributed by atoms with Gasteiger partial charge >= 0.3 is 0 Å². The van der Waals surface area contributed by atoms with Gasteiger partial charge < -0.3 is 5.32 Å². The monoisotopic (exact) mass is 266 g/mol. The van der Waals surface area contributed by atoms with E-state index in [1.54, 1.807) is 0 Å². The molecule has 2 nitrogen and oxygen atoms in total. The minimum absolute atomic E-state index is 0.370. The average Bonchev–Trinajstić information content (AvgIpc) is 3.07. The van der Waals surface area contributed by atoms with Crippen LogP contribution in [-0.4, -0.2) is 36.6 Å². The van der Waals surface area contributed by atoms with Crippen molar-refractivity contribution in [1.82, 2.24) is 10.2 Å². The predicted molar refractivity (Wildman–Crippen MR) is 83.4 cm³/mol. The zero-order valence-electron chi connectivity index (χ0n) is 13.9. The van der Waals surface area contributed by atoms with Crippen molar-refractivity contribution < 1.29 is 0 Å². The summed E-state index contributed by atoms with van der Waals surface area (Å²) in [4.78, 5) is 2.80. The van der Waals surface area contributed by atoms with Gasteiger partial charge in [-0.2, -0.15) is 0 Å². The van der Waals surface area contributed by atoms with Crippen molar-refractivity contribution in [2.45, 2.75) is 72.9 Å². The highest BCUT2D eigenvalue weighted by Gasteiger charge is 2.41. The van der Waals surface area contributed by atoms with Gasteiger partial charge in [0.2, 0.25) is 0 Å². The minimum Gasteiger partial charge on any atom is -0.311 e. The van der Waals surface area contributed by atoms with Gasteiger partial charge in [-0.3, -0.25) is 4.90 Å². The van der Waals surface area contributed by atoms with Crippen molar-refractivity contribution in [1.29, 1.82) is 0 Å². The SMILES string of the molecule is CC(C)(C)CCN1CC(C(C)(C)C)NCC1C1CC1. The third-order valence-electron chi connectivity index (χ3n) is 4.82. The van der Waals surface area contributed by atoms with Gasteiger partial charge in [-0.15, -0.1) is 0 Å². The predicted octanol–water partition coefficient (Wildman–Crippen LogP) is 3.52. The smallest absolute Gasteiger partial charge is 0.0249 e. The Labute approximate surface area is 120 Å². The van der Waals surface area contributed by atoms with E-state index in [0.717, 1.165) is 12.0 Å². The van der Waals surface area contributed by atoms with E-state index in [1.165, 1.54) is 38.9 Å². The largest absolute Gasteiger partial charge is 0.311 e. The maximum Gasteiger partial charge on any atom is 0.0249 e. The van der Waals surface area contributed by atoms with E-state index in [9.17, 15) is 0 Å². The lowest BCUT2D eigenvalue weighted by Gasteiger charge is -2.46. The normalized spacial score (nSPS) is 30.6. The molecule has 0 aromatic heterocycles. The van der Waals surface area contributed by atoms with Gasteiger partial charge in [0.25, 0.3) is 0 Å². The molecule has 19 heavy (non-hydrogen) atoms. The van der Waals surface area contributed by atoms with Crippen LogP contribution in [0.1, 0.15) is 60.8 Å². The molecule has 2 unspecified atom stereocenters. The van der Waals surface area contributed by atoms with E-state index < -0.39 is 0 Å². The summed E-state index contributed by atoms with van der Waals surface area (Å²) >= 11 is 0. The first-order valence-electron chi connectivity index (χ1n) is 8.14. The molecule has 0 aromatic carbocycles. The Balaban J connectivity index is 1.96. The highest BCUT2D eigenvalue weighted by Crippen LogP contribution is 2.38. The van der Waals surface area contributed by atoms with Gasteiger partial charge in [-0.05, 0) is 42.6 Å². The fourth-order valence-electron chi connectivity index (χ4n) is 3.09. The van der Waals surface area contributed by atoms with Crippen LogP contribution in [0.5, 0.6) is 0 Å². The second-order valence-corrected chi connectivity index (χ2v) is 9.04. The summed E-state index contributed by atoms with van der Waals surface area (Å²) in [6.07, 6.45) is 4.23. The van der Waals surface area contributed by atoms with Crippen LogP contribution in [0.4, 0.5) is 0 Å². The van der Waals surface area contributed by atoms with Gasteiger partial charge in [0.05, 0.1) is 0 Å². The van der Waals surface area contributed by atoms with Crippen LogP contribution in [0.25, 0.3) is 0 Å². The summed E-state index contributed by atoms with van der Waals surface area (Å²) in [6, 6.07) is 1.45. The molecule has 0 spiro atoms. The van der Waals surface area contributed by atoms with E-state index in [1.807, 2.05) is 0 Å². The van der Waals surface area contributed by atoms with Gasteiger partial charge in [0.1, 0.15) is 0 Å². The molecule has 0 aromatic rings. The Morgan fingerprint density at radius 2 is 1.68 bits per heavy atom. The van der Waals surface area contributed by atoms with E-state index in [0.29, 0.717) is 16.9 Å². The number of hydrogen-bond acceptors (Lipinski definition) is 2. The highest BCUT2D eigenvalue weighted by atomic mass is 15.2. The molecule has 0 radical (unpaired) electrons. The first kappa shape index (κ1) is 15.3. The zero-order valence-corrected chi connectivity index (χ0v) is 13.9. The first-order valence-corrected chi connectivity index (χ1v) is 8.14. The Morgan fingerprint density at radius 1 is 1.05 bits per heavy atom. The number of nitrogens with zero attached hydrogens (tertiary/aromatic N) is 1. The van der Waals surface area contributed by atoms with E-state index in [-0.39, 0.29) is 0 Å². The summed E-state index contributed by atoms with van der Waals surface area (Å²) < 4.78 is 0. The van der Waals surface area contributed by atoms with Crippen LogP contribution in [0.2, 0.25) is 0 Å². The molecule has 1 aliphatic heterocycles. The zero-order chi connectivity index (χ0) is 14.3. The standard InChI is InChI=1S/C17H34N2/c1-16(2,3)9-10-19-12-15(17(4,5)6)18-11-14(19)13-7-8-13/h13-15,18H,7-12H2,1-6H3. The molecule has 0 amide bonds. The number of hydrogen-bond donors (Lipinski definition) is 1. The molecule has 2 rings (SSSR count). The maximum absolute atomic E-state index is 3.82. The second kappa shape index (κ2) is 5.37. The van der Waals surface area contributed by atoms with E-state index in [2.05, 4.69) is 51.8 Å². The van der Waals surface area contributed by atoms with Crippen molar-refractivity contribution in [2.75, 3.05) is 19.6 Å². The quantitative estimate of drug-likeness (QED) is 0.841. The van der Waals surface area contributed by atoms with Crippen LogP contribution in [0, 0.1) is 16.7 Å². The Hall–Kier alpha value is -0.0800. The molecule has 1 saturated heterocycles. The average molecular weight is 266 g/mol. The topological polar surface area (TPSA) is 15.3 Å². The second-order valence-electron chi connectivity index (χ2n) is 9.04. The molecule has 2 atom stereocenters. The maximum atomic E-state index is 3.82. The highest BCUT2D eigenvalue weighted by molar-refractivity contribution is 4.97. The lowest BCUT2D eigenvalue weighted by molar-refractivity contribution is 0.0660. The molecular formula is C17H34N2. The van der Waals surface area contributed by atoms with Crippen LogP contribution < -0.4 is 5.32 Å². The van der Waals surface area contributed by atoms with E-state index >= 15 is 0 Å². The molecule has 2 heteroatoms. The molecular weight excluding hydrogens is 232 g/mol. The van der Waals surface area contributed by atoms with Gasteiger partial charge in [-0.1, -0.05) is 41.5 Å². The van der Waals surface area contributed by atoms with Gasteiger partial charge in [0.15, 0.2) is 0 Å². The van der Waals surface area contributed by atoms with Crippen molar-refractivity contribution >= 4 is 0 Å². The fraction of sp³-hybridized carbons (Fsp3) is 1.00. The molecule has 1 heterocycles. The van der Waals surface area contributed by atoms with Crippen LogP contribution in [-0.2, 0) is 0 Å². The lowest BCUT2D eigenvalue weighted by Crippen LogP contribution is -2.61. The lowest BCUT2D eigenvalue weighted by atomic mass is 9.83. The van der Waals surface area contributed by atoms with Crippen molar-refractivity contribution in [2.24, 2.45) is 16.7 Å². The van der Waals surface area contributed by atoms with Crippen molar-refractivity contribution in [3.63, 3.8) is 0 Å². The Bertz CT molecular complexity index is 293. The minimum atomic E-state index is 0.370. The molecule has 1 aliphatic carbocycles. The third kappa shape index (κ3) is 4.46. The van der Waals surface area contributed by atoms with Gasteiger partial charge in [0, 0.05) is 25.2 Å². The molecule has 2 aliphatic rings. The summed E-state index contributed by atoms with van der Waals surface area (Å²) in [6.45, 7) is 17.9. The Morgan fingerprint density at radius 3 is 2.16 bits per heavy atom. The molecule has 112 valence electrons. The van der Waals surface area contributed by atoms with Crippen molar-refractivity contribution in [3.8, 4) is 0 Å². The van der Waals surface area contributed by atoms with Crippen molar-refractivity contribution in [3.05, 3.63) is 0 Å². The number of nitrogens with one attached hydrogen (secondary N) is 1. The van der Waals surface area contributed by atoms with Gasteiger partial charge in [-0.25, -0.2) is 0 Å². The van der Waals surface area contributed by atoms with Crippen LogP contribution >= 0.6 is 0 Å². The van der Waals surface area contributed by atoms with Crippen LogP contribution in [0.15, 0.2) is 0 Å². The summed E-state index contributed by atoms with van der Waals surface area (Å²) in [7, 11) is 0. The van der Waals surface area contributed by atoms with Crippen LogP contribution in [0.3, 0.4) is 0 Å². The van der Waals surface area contributed by atoms with E-state index in [4.69, 9.17) is 0 Å². The molecule has 1 N–H and O–H groups in total. The number of rotatable bonds is 3. The fourth-order valence-corrected chi connectivity index (χ4v) is 3.09.